The lowest BCUT2D eigenvalue weighted by atomic mass is 10.1. The number of hydrogen-bond acceptors (Lipinski definition) is 8. The summed E-state index contributed by atoms with van der Waals surface area (Å²) in [6.07, 6.45) is 0.484. The first kappa shape index (κ1) is 24.0. The first-order valence-electron chi connectivity index (χ1n) is 8.08. The Morgan fingerprint density at radius 1 is 1.19 bits per heavy atom. The van der Waals surface area contributed by atoms with E-state index >= 15 is 0 Å². The Hall–Kier alpha value is -1.05. The van der Waals surface area contributed by atoms with Crippen LogP contribution >= 0.6 is 11.3 Å². The number of thiophene rings is 1. The Morgan fingerprint density at radius 3 is 2.33 bits per heavy atom. The number of rotatable bonds is 10. The van der Waals surface area contributed by atoms with Crippen molar-refractivity contribution in [2.75, 3.05) is 27.4 Å². The van der Waals surface area contributed by atoms with Crippen LogP contribution in [0.1, 0.15) is 39.7 Å². The zero-order valence-corrected chi connectivity index (χ0v) is 18.8. The van der Waals surface area contributed by atoms with Crippen molar-refractivity contribution in [3.63, 3.8) is 0 Å². The molecule has 0 radical (unpaired) electrons. The van der Waals surface area contributed by atoms with E-state index in [1.165, 1.54) is 20.3 Å². The molecule has 1 rings (SSSR count). The molecule has 12 heteroatoms. The van der Waals surface area contributed by atoms with E-state index in [2.05, 4.69) is 14.6 Å². The monoisotopic (exact) mass is 441 g/mol. The van der Waals surface area contributed by atoms with Gasteiger partial charge in [-0.1, -0.05) is 5.16 Å². The van der Waals surface area contributed by atoms with Gasteiger partial charge in [-0.05, 0) is 40.2 Å². The Morgan fingerprint density at radius 2 is 1.81 bits per heavy atom. The summed E-state index contributed by atoms with van der Waals surface area (Å²) in [7, 11) is -4.98. The fourth-order valence-corrected chi connectivity index (χ4v) is 6.82. The number of methoxy groups -OCH3 is 1. The van der Waals surface area contributed by atoms with E-state index in [9.17, 15) is 16.8 Å². The minimum absolute atomic E-state index is 0.115. The van der Waals surface area contributed by atoms with Crippen LogP contribution in [0.5, 0.6) is 0 Å². The number of ether oxygens (including phenoxy) is 1. The Balaban J connectivity index is 3.38. The average molecular weight is 442 g/mol. The van der Waals surface area contributed by atoms with Gasteiger partial charge in [0.1, 0.15) is 15.5 Å². The average Bonchev–Trinajstić information content (AvgIpc) is 2.97. The van der Waals surface area contributed by atoms with E-state index in [-0.39, 0.29) is 26.2 Å². The third kappa shape index (κ3) is 7.12. The largest absolute Gasteiger partial charge is 0.399 e. The fourth-order valence-electron chi connectivity index (χ4n) is 2.06. The van der Waals surface area contributed by atoms with Crippen LogP contribution in [-0.2, 0) is 29.6 Å². The van der Waals surface area contributed by atoms with Crippen LogP contribution in [-0.4, -0.2) is 55.5 Å². The molecule has 0 amide bonds. The third-order valence-electron chi connectivity index (χ3n) is 3.06. The van der Waals surface area contributed by atoms with Gasteiger partial charge in [0.2, 0.25) is 0 Å². The van der Waals surface area contributed by atoms with Crippen molar-refractivity contribution in [1.82, 2.24) is 9.44 Å². The number of hydrogen-bond donors (Lipinski definition) is 2. The van der Waals surface area contributed by atoms with E-state index in [4.69, 9.17) is 9.57 Å². The van der Waals surface area contributed by atoms with E-state index in [0.717, 1.165) is 0 Å². The Kier molecular flexibility index (Phi) is 8.38. The standard InChI is InChI=1S/C15H27N3O6S3/c1-11(17-24-6)12-10-13(26(19,20)18-15(2,3)4)25-14(12)27(21,22)16-8-7-9-23-5/h10,16,18H,7-9H2,1-6H3/b17-11+. The van der Waals surface area contributed by atoms with Crippen molar-refractivity contribution in [1.29, 1.82) is 0 Å². The van der Waals surface area contributed by atoms with Crippen LogP contribution in [0.15, 0.2) is 19.6 Å². The van der Waals surface area contributed by atoms with Gasteiger partial charge in [-0.3, -0.25) is 0 Å². The van der Waals surface area contributed by atoms with E-state index in [0.29, 0.717) is 24.4 Å². The molecule has 0 unspecified atom stereocenters. The lowest BCUT2D eigenvalue weighted by Gasteiger charge is -2.19. The first-order chi connectivity index (χ1) is 12.3. The molecule has 0 saturated carbocycles. The molecule has 156 valence electrons. The van der Waals surface area contributed by atoms with Gasteiger partial charge < -0.3 is 9.57 Å². The van der Waals surface area contributed by atoms with Gasteiger partial charge >= 0.3 is 0 Å². The molecule has 0 aliphatic heterocycles. The Labute approximate surface area is 165 Å². The molecule has 0 atom stereocenters. The minimum Gasteiger partial charge on any atom is -0.399 e. The van der Waals surface area contributed by atoms with Crippen molar-refractivity contribution in [3.8, 4) is 0 Å². The molecule has 1 aromatic heterocycles. The summed E-state index contributed by atoms with van der Waals surface area (Å²) in [6, 6.07) is 1.29. The van der Waals surface area contributed by atoms with E-state index in [1.807, 2.05) is 0 Å². The minimum atomic E-state index is -3.93. The van der Waals surface area contributed by atoms with Gasteiger partial charge in [0, 0.05) is 31.4 Å². The van der Waals surface area contributed by atoms with Crippen LogP contribution in [0.4, 0.5) is 0 Å². The Bertz CT molecular complexity index is 867. The molecule has 1 aromatic rings. The molecule has 0 fully saturated rings. The highest BCUT2D eigenvalue weighted by atomic mass is 32.3. The molecule has 27 heavy (non-hydrogen) atoms. The second kappa shape index (κ2) is 9.43. The number of nitrogens with zero attached hydrogens (tertiary/aromatic N) is 1. The summed E-state index contributed by atoms with van der Waals surface area (Å²) in [5.74, 6) is 0. The van der Waals surface area contributed by atoms with E-state index in [1.54, 1.807) is 27.7 Å². The summed E-state index contributed by atoms with van der Waals surface area (Å²) in [4.78, 5) is 4.71. The zero-order chi connectivity index (χ0) is 20.9. The maximum absolute atomic E-state index is 12.7. The summed E-state index contributed by atoms with van der Waals surface area (Å²) < 4.78 is 60.2. The van der Waals surface area contributed by atoms with Gasteiger partial charge in [-0.25, -0.2) is 26.3 Å². The highest BCUT2D eigenvalue weighted by Gasteiger charge is 2.30. The molecule has 0 aliphatic carbocycles. The van der Waals surface area contributed by atoms with Crippen LogP contribution in [0, 0.1) is 0 Å². The fraction of sp³-hybridized carbons (Fsp3) is 0.667. The van der Waals surface area contributed by atoms with Gasteiger partial charge in [0.15, 0.2) is 0 Å². The molecule has 0 aromatic carbocycles. The van der Waals surface area contributed by atoms with Crippen LogP contribution in [0.3, 0.4) is 0 Å². The van der Waals surface area contributed by atoms with Gasteiger partial charge in [0.05, 0.1) is 5.71 Å². The van der Waals surface area contributed by atoms with Crippen LogP contribution in [0.2, 0.25) is 0 Å². The molecule has 2 N–H and O–H groups in total. The molecule has 0 bridgehead atoms. The lowest BCUT2D eigenvalue weighted by Crippen LogP contribution is -2.40. The van der Waals surface area contributed by atoms with Gasteiger partial charge in [0.25, 0.3) is 20.0 Å². The molecule has 0 aliphatic rings. The highest BCUT2D eigenvalue weighted by molar-refractivity contribution is 7.94. The van der Waals surface area contributed by atoms with Crippen molar-refractivity contribution in [2.45, 2.75) is 48.1 Å². The summed E-state index contributed by atoms with van der Waals surface area (Å²) in [5.41, 5.74) is -0.283. The van der Waals surface area contributed by atoms with Crippen molar-refractivity contribution in [2.24, 2.45) is 5.16 Å². The normalized spacial score (nSPS) is 13.8. The summed E-state index contributed by atoms with van der Waals surface area (Å²) in [6.45, 7) is 7.21. The van der Waals surface area contributed by atoms with Crippen molar-refractivity contribution < 1.29 is 26.4 Å². The predicted molar refractivity (Wildman–Crippen MR) is 105 cm³/mol. The maximum atomic E-state index is 12.7. The first-order valence-corrected chi connectivity index (χ1v) is 11.9. The molecule has 9 nitrogen and oxygen atoms in total. The summed E-state index contributed by atoms with van der Waals surface area (Å²) in [5, 5.41) is 3.74. The quantitative estimate of drug-likeness (QED) is 0.322. The predicted octanol–water partition coefficient (Wildman–Crippen LogP) is 1.51. The second-order valence-electron chi connectivity index (χ2n) is 6.73. The zero-order valence-electron chi connectivity index (χ0n) is 16.3. The highest BCUT2D eigenvalue weighted by Crippen LogP contribution is 2.31. The van der Waals surface area contributed by atoms with Crippen molar-refractivity contribution in [3.05, 3.63) is 11.6 Å². The van der Waals surface area contributed by atoms with Crippen LogP contribution < -0.4 is 9.44 Å². The smallest absolute Gasteiger partial charge is 0.250 e. The van der Waals surface area contributed by atoms with Crippen LogP contribution in [0.25, 0.3) is 0 Å². The molecule has 0 spiro atoms. The topological polar surface area (TPSA) is 123 Å². The maximum Gasteiger partial charge on any atom is 0.250 e. The number of nitrogens with one attached hydrogen (secondary N) is 2. The van der Waals surface area contributed by atoms with Gasteiger partial charge in [-0.2, -0.15) is 0 Å². The molecular formula is C15H27N3O6S3. The summed E-state index contributed by atoms with van der Waals surface area (Å²) >= 11 is 0.663. The van der Waals surface area contributed by atoms with Crippen molar-refractivity contribution >= 4 is 37.1 Å². The lowest BCUT2D eigenvalue weighted by molar-refractivity contribution is 0.196. The second-order valence-corrected chi connectivity index (χ2v) is 11.6. The van der Waals surface area contributed by atoms with E-state index < -0.39 is 25.6 Å². The number of sulfonamides is 2. The third-order valence-corrected chi connectivity index (χ3v) is 8.42. The molecule has 1 heterocycles. The SMILES string of the molecule is COCCCNS(=O)(=O)c1sc(S(=O)(=O)NC(C)(C)C)cc1/C(C)=N/OC. The molecule has 0 saturated heterocycles. The van der Waals surface area contributed by atoms with Gasteiger partial charge in [-0.15, -0.1) is 11.3 Å². The number of oxime groups is 1. The molecular weight excluding hydrogens is 414 g/mol.